The Labute approximate surface area is 122 Å². The Morgan fingerprint density at radius 3 is 2.76 bits per heavy atom. The highest BCUT2D eigenvalue weighted by Crippen LogP contribution is 2.24. The molecule has 0 spiro atoms. The van der Waals surface area contributed by atoms with Crippen LogP contribution >= 0.6 is 0 Å². The van der Waals surface area contributed by atoms with E-state index in [9.17, 15) is 13.6 Å². The van der Waals surface area contributed by atoms with Crippen molar-refractivity contribution in [1.29, 1.82) is 0 Å². The molecule has 114 valence electrons. The zero-order valence-corrected chi connectivity index (χ0v) is 11.8. The zero-order chi connectivity index (χ0) is 15.0. The molecule has 2 heterocycles. The molecule has 1 unspecified atom stereocenters. The number of carbonyl (C=O) groups is 1. The summed E-state index contributed by atoms with van der Waals surface area (Å²) in [7, 11) is 0. The average Bonchev–Trinajstić information content (AvgIpc) is 2.50. The van der Waals surface area contributed by atoms with Crippen LogP contribution in [0.25, 0.3) is 0 Å². The molecule has 2 aliphatic heterocycles. The highest BCUT2D eigenvalue weighted by Gasteiger charge is 2.32. The molecule has 2 fully saturated rings. The molecule has 1 aromatic carbocycles. The third-order valence-electron chi connectivity index (χ3n) is 4.44. The number of hydrogen-bond acceptors (Lipinski definition) is 3. The molecule has 1 atom stereocenters. The van der Waals surface area contributed by atoms with Crippen molar-refractivity contribution in [1.82, 2.24) is 9.80 Å². The van der Waals surface area contributed by atoms with Gasteiger partial charge in [-0.05, 0) is 25.5 Å². The molecule has 2 aliphatic rings. The number of piperazine rings is 1. The predicted molar refractivity (Wildman–Crippen MR) is 75.9 cm³/mol. The highest BCUT2D eigenvalue weighted by molar-refractivity contribution is 5.95. The van der Waals surface area contributed by atoms with Gasteiger partial charge in [-0.15, -0.1) is 0 Å². The van der Waals surface area contributed by atoms with E-state index in [0.29, 0.717) is 25.2 Å². The number of benzene rings is 1. The first-order valence-electron chi connectivity index (χ1n) is 7.34. The third-order valence-corrected chi connectivity index (χ3v) is 4.44. The monoisotopic (exact) mass is 295 g/mol. The second-order valence-electron chi connectivity index (χ2n) is 5.79. The van der Waals surface area contributed by atoms with Gasteiger partial charge < -0.3 is 10.6 Å². The van der Waals surface area contributed by atoms with Crippen LogP contribution in [-0.2, 0) is 0 Å². The number of nitrogens with zero attached hydrogens (tertiary/aromatic N) is 2. The van der Waals surface area contributed by atoms with E-state index in [2.05, 4.69) is 4.90 Å². The summed E-state index contributed by atoms with van der Waals surface area (Å²) in [5.74, 6) is -2.08. The normalized spacial score (nSPS) is 23.0. The Morgan fingerprint density at radius 2 is 1.95 bits per heavy atom. The predicted octanol–water partition coefficient (Wildman–Crippen LogP) is 1.86. The SMILES string of the molecule is Nc1cc(C(=O)N2CCN3CCCCC3C2)c(F)cc1F. The minimum atomic E-state index is -0.849. The lowest BCUT2D eigenvalue weighted by Gasteiger charge is -2.44. The van der Waals surface area contributed by atoms with Crippen LogP contribution < -0.4 is 5.73 Å². The number of amides is 1. The first-order chi connectivity index (χ1) is 10.1. The fraction of sp³-hybridized carbons (Fsp3) is 0.533. The van der Waals surface area contributed by atoms with E-state index in [1.165, 1.54) is 12.8 Å². The van der Waals surface area contributed by atoms with E-state index >= 15 is 0 Å². The number of carbonyl (C=O) groups excluding carboxylic acids is 1. The second-order valence-corrected chi connectivity index (χ2v) is 5.79. The lowest BCUT2D eigenvalue weighted by Crippen LogP contribution is -2.56. The van der Waals surface area contributed by atoms with Crippen molar-refractivity contribution in [3.8, 4) is 0 Å². The summed E-state index contributed by atoms with van der Waals surface area (Å²) in [6, 6.07) is 2.14. The van der Waals surface area contributed by atoms with Crippen LogP contribution in [0.15, 0.2) is 12.1 Å². The van der Waals surface area contributed by atoms with Crippen LogP contribution in [0.1, 0.15) is 29.6 Å². The number of nitrogen functional groups attached to an aromatic ring is 1. The van der Waals surface area contributed by atoms with Gasteiger partial charge in [0.2, 0.25) is 0 Å². The Hall–Kier alpha value is -1.69. The minimum Gasteiger partial charge on any atom is -0.396 e. The van der Waals surface area contributed by atoms with Crippen molar-refractivity contribution >= 4 is 11.6 Å². The summed E-state index contributed by atoms with van der Waals surface area (Å²) in [6.07, 6.45) is 3.44. The molecule has 0 aliphatic carbocycles. The number of halogens is 2. The summed E-state index contributed by atoms with van der Waals surface area (Å²) in [5, 5.41) is 0. The molecule has 3 rings (SSSR count). The van der Waals surface area contributed by atoms with E-state index in [4.69, 9.17) is 5.73 Å². The van der Waals surface area contributed by atoms with Gasteiger partial charge in [-0.1, -0.05) is 6.42 Å². The number of rotatable bonds is 1. The Bertz CT molecular complexity index is 564. The zero-order valence-electron chi connectivity index (χ0n) is 11.8. The summed E-state index contributed by atoms with van der Waals surface area (Å²) in [5.41, 5.74) is 5.10. The van der Waals surface area contributed by atoms with Gasteiger partial charge in [-0.25, -0.2) is 8.78 Å². The molecular formula is C15H19F2N3O. The fourth-order valence-corrected chi connectivity index (χ4v) is 3.24. The molecule has 21 heavy (non-hydrogen) atoms. The van der Waals surface area contributed by atoms with Crippen LogP contribution in [-0.4, -0.2) is 47.9 Å². The van der Waals surface area contributed by atoms with Gasteiger partial charge in [0.05, 0.1) is 11.3 Å². The summed E-state index contributed by atoms with van der Waals surface area (Å²) in [6.45, 7) is 3.07. The molecule has 0 bridgehead atoms. The van der Waals surface area contributed by atoms with Gasteiger partial charge in [0.15, 0.2) is 0 Å². The molecule has 1 amide bonds. The molecule has 6 heteroatoms. The molecule has 4 nitrogen and oxygen atoms in total. The van der Waals surface area contributed by atoms with Crippen molar-refractivity contribution in [2.24, 2.45) is 0 Å². The fourth-order valence-electron chi connectivity index (χ4n) is 3.24. The van der Waals surface area contributed by atoms with Crippen molar-refractivity contribution < 1.29 is 13.6 Å². The maximum Gasteiger partial charge on any atom is 0.257 e. The van der Waals surface area contributed by atoms with Gasteiger partial charge >= 0.3 is 0 Å². The highest BCUT2D eigenvalue weighted by atomic mass is 19.1. The van der Waals surface area contributed by atoms with Crippen LogP contribution in [0, 0.1) is 11.6 Å². The lowest BCUT2D eigenvalue weighted by atomic mass is 9.99. The summed E-state index contributed by atoms with van der Waals surface area (Å²) >= 11 is 0. The van der Waals surface area contributed by atoms with E-state index in [-0.39, 0.29) is 11.3 Å². The van der Waals surface area contributed by atoms with E-state index in [0.717, 1.165) is 25.6 Å². The van der Waals surface area contributed by atoms with Gasteiger partial charge in [0.25, 0.3) is 5.91 Å². The van der Waals surface area contributed by atoms with Crippen molar-refractivity contribution in [2.45, 2.75) is 25.3 Å². The number of fused-ring (bicyclic) bond motifs is 1. The standard InChI is InChI=1S/C15H19F2N3O/c16-12-8-13(17)14(18)7-11(12)15(21)20-6-5-19-4-2-1-3-10(19)9-20/h7-8,10H,1-6,9,18H2. The molecule has 1 aromatic rings. The smallest absolute Gasteiger partial charge is 0.257 e. The molecular weight excluding hydrogens is 276 g/mol. The maximum absolute atomic E-state index is 13.8. The largest absolute Gasteiger partial charge is 0.396 e. The Kier molecular flexibility index (Phi) is 3.80. The Balaban J connectivity index is 1.78. The first-order valence-corrected chi connectivity index (χ1v) is 7.34. The average molecular weight is 295 g/mol. The second kappa shape index (κ2) is 5.60. The van der Waals surface area contributed by atoms with Crippen LogP contribution in [0.2, 0.25) is 0 Å². The van der Waals surface area contributed by atoms with Crippen molar-refractivity contribution in [3.63, 3.8) is 0 Å². The quantitative estimate of drug-likeness (QED) is 0.805. The number of piperidine rings is 1. The van der Waals surface area contributed by atoms with Crippen molar-refractivity contribution in [2.75, 3.05) is 31.9 Å². The molecule has 2 N–H and O–H groups in total. The number of hydrogen-bond donors (Lipinski definition) is 1. The van der Waals surface area contributed by atoms with Gasteiger partial charge in [-0.2, -0.15) is 0 Å². The molecule has 0 saturated carbocycles. The van der Waals surface area contributed by atoms with E-state index < -0.39 is 17.5 Å². The van der Waals surface area contributed by atoms with Crippen LogP contribution in [0.4, 0.5) is 14.5 Å². The van der Waals surface area contributed by atoms with Crippen LogP contribution in [0.5, 0.6) is 0 Å². The Morgan fingerprint density at radius 1 is 1.14 bits per heavy atom. The molecule has 2 saturated heterocycles. The van der Waals surface area contributed by atoms with E-state index in [1.54, 1.807) is 4.90 Å². The van der Waals surface area contributed by atoms with Gasteiger partial charge in [0.1, 0.15) is 11.6 Å². The molecule has 0 radical (unpaired) electrons. The van der Waals surface area contributed by atoms with Crippen molar-refractivity contribution in [3.05, 3.63) is 29.3 Å². The van der Waals surface area contributed by atoms with Gasteiger partial charge in [-0.3, -0.25) is 9.69 Å². The number of nitrogens with two attached hydrogens (primary N) is 1. The van der Waals surface area contributed by atoms with E-state index in [1.807, 2.05) is 0 Å². The summed E-state index contributed by atoms with van der Waals surface area (Å²) in [4.78, 5) is 16.5. The van der Waals surface area contributed by atoms with Crippen LogP contribution in [0.3, 0.4) is 0 Å². The van der Waals surface area contributed by atoms with Gasteiger partial charge in [0, 0.05) is 31.7 Å². The first kappa shape index (κ1) is 14.3. The topological polar surface area (TPSA) is 49.6 Å². The number of anilines is 1. The minimum absolute atomic E-state index is 0.141. The maximum atomic E-state index is 13.8. The lowest BCUT2D eigenvalue weighted by molar-refractivity contribution is 0.0369. The summed E-state index contributed by atoms with van der Waals surface area (Å²) < 4.78 is 27.0. The third kappa shape index (κ3) is 2.72. The molecule has 0 aromatic heterocycles.